The maximum absolute atomic E-state index is 4.27. The van der Waals surface area contributed by atoms with Gasteiger partial charge < -0.3 is 5.32 Å². The van der Waals surface area contributed by atoms with Crippen LogP contribution in [0.3, 0.4) is 0 Å². The second kappa shape index (κ2) is 6.92. The first-order valence-electron chi connectivity index (χ1n) is 3.79. The molecule has 1 N–H and O–H groups in total. The van der Waals surface area contributed by atoms with E-state index in [4.69, 9.17) is 0 Å². The Morgan fingerprint density at radius 3 is 2.79 bits per heavy atom. The van der Waals surface area contributed by atoms with Crippen molar-refractivity contribution in [3.05, 3.63) is 24.5 Å². The van der Waals surface area contributed by atoms with E-state index in [1.807, 2.05) is 12.1 Å². The highest BCUT2D eigenvalue weighted by Crippen LogP contribution is 2.14. The summed E-state index contributed by atoms with van der Waals surface area (Å²) in [5.41, 5.74) is 1.01. The molecule has 0 bridgehead atoms. The predicted octanol–water partition coefficient (Wildman–Crippen LogP) is 2.44. The van der Waals surface area contributed by atoms with E-state index < -0.39 is 0 Å². The number of nitrogens with zero attached hydrogens (tertiary/aromatic N) is 2. The number of anilines is 1. The van der Waals surface area contributed by atoms with Crippen molar-refractivity contribution in [1.82, 2.24) is 4.98 Å². The fourth-order valence-corrected chi connectivity index (χ4v) is 1.72. The van der Waals surface area contributed by atoms with E-state index in [0.29, 0.717) is 0 Å². The Hall–Kier alpha value is -0.450. The van der Waals surface area contributed by atoms with E-state index in [0.717, 1.165) is 23.2 Å². The van der Waals surface area contributed by atoms with Gasteiger partial charge in [0.25, 0.3) is 0 Å². The molecule has 6 heteroatoms. The van der Waals surface area contributed by atoms with E-state index in [9.17, 15) is 0 Å². The quantitative estimate of drug-likeness (QED) is 0.834. The van der Waals surface area contributed by atoms with Crippen LogP contribution in [0, 0.1) is 0 Å². The molecule has 0 saturated carbocycles. The highest BCUT2D eigenvalue weighted by molar-refractivity contribution is 8.14. The number of pyridine rings is 1. The number of nitrogens with one attached hydrogen (secondary N) is 1. The van der Waals surface area contributed by atoms with Gasteiger partial charge in [0, 0.05) is 11.9 Å². The third kappa shape index (κ3) is 3.74. The van der Waals surface area contributed by atoms with Crippen molar-refractivity contribution in [3.63, 3.8) is 0 Å². The van der Waals surface area contributed by atoms with Gasteiger partial charge in [-0.15, -0.1) is 24.8 Å². The van der Waals surface area contributed by atoms with E-state index in [1.165, 1.54) is 0 Å². The first-order chi connectivity index (χ1) is 5.95. The number of thioether (sulfide) groups is 1. The molecule has 0 aromatic carbocycles. The van der Waals surface area contributed by atoms with Crippen molar-refractivity contribution >= 4 is 47.4 Å². The lowest BCUT2D eigenvalue weighted by molar-refractivity contribution is 1.17. The van der Waals surface area contributed by atoms with E-state index in [1.54, 1.807) is 24.2 Å². The summed E-state index contributed by atoms with van der Waals surface area (Å²) >= 11 is 1.75. The van der Waals surface area contributed by atoms with Gasteiger partial charge in [0.2, 0.25) is 0 Å². The molecule has 2 heterocycles. The highest BCUT2D eigenvalue weighted by Gasteiger charge is 2.05. The SMILES string of the molecule is Cl.Cl.c1cncc(NC2=NCCS2)c1. The average molecular weight is 252 g/mol. The zero-order valence-corrected chi connectivity index (χ0v) is 9.79. The van der Waals surface area contributed by atoms with Gasteiger partial charge in [-0.1, -0.05) is 11.8 Å². The van der Waals surface area contributed by atoms with Crippen LogP contribution in [0.4, 0.5) is 5.69 Å². The molecule has 2 rings (SSSR count). The Morgan fingerprint density at radius 1 is 1.36 bits per heavy atom. The summed E-state index contributed by atoms with van der Waals surface area (Å²) in [5.74, 6) is 1.09. The molecule has 78 valence electrons. The number of rotatable bonds is 1. The van der Waals surface area contributed by atoms with Gasteiger partial charge in [-0.05, 0) is 12.1 Å². The van der Waals surface area contributed by atoms with Crippen LogP contribution in [0.15, 0.2) is 29.5 Å². The summed E-state index contributed by atoms with van der Waals surface area (Å²) in [7, 11) is 0. The van der Waals surface area contributed by atoms with Crippen molar-refractivity contribution in [3.8, 4) is 0 Å². The van der Waals surface area contributed by atoms with Crippen molar-refractivity contribution in [2.24, 2.45) is 4.99 Å². The molecule has 3 nitrogen and oxygen atoms in total. The van der Waals surface area contributed by atoms with Gasteiger partial charge in [-0.3, -0.25) is 9.98 Å². The third-order valence-electron chi connectivity index (χ3n) is 1.50. The summed E-state index contributed by atoms with van der Waals surface area (Å²) in [4.78, 5) is 8.27. The minimum absolute atomic E-state index is 0. The molecular formula is C8H11Cl2N3S. The monoisotopic (exact) mass is 251 g/mol. The predicted molar refractivity (Wildman–Crippen MR) is 67.1 cm³/mol. The summed E-state index contributed by atoms with van der Waals surface area (Å²) in [6.45, 7) is 0.924. The molecule has 0 amide bonds. The van der Waals surface area contributed by atoms with Crippen LogP contribution in [0.1, 0.15) is 0 Å². The molecule has 14 heavy (non-hydrogen) atoms. The van der Waals surface area contributed by atoms with Gasteiger partial charge in [0.1, 0.15) is 0 Å². The maximum Gasteiger partial charge on any atom is 0.161 e. The lowest BCUT2D eigenvalue weighted by Gasteiger charge is -2.02. The zero-order valence-electron chi connectivity index (χ0n) is 7.34. The number of halogens is 2. The van der Waals surface area contributed by atoms with Crippen LogP contribution in [0.25, 0.3) is 0 Å². The van der Waals surface area contributed by atoms with E-state index in [2.05, 4.69) is 15.3 Å². The molecule has 0 unspecified atom stereocenters. The Balaban J connectivity index is 0.000000845. The van der Waals surface area contributed by atoms with Crippen molar-refractivity contribution in [2.75, 3.05) is 17.6 Å². The number of hydrogen-bond acceptors (Lipinski definition) is 4. The molecule has 0 spiro atoms. The fraction of sp³-hybridized carbons (Fsp3) is 0.250. The molecule has 0 fully saturated rings. The van der Waals surface area contributed by atoms with Crippen LogP contribution in [0.5, 0.6) is 0 Å². The lowest BCUT2D eigenvalue weighted by Crippen LogP contribution is -2.04. The van der Waals surface area contributed by atoms with Crippen LogP contribution in [-0.2, 0) is 0 Å². The molecule has 1 aromatic rings. The minimum atomic E-state index is 0. The molecule has 0 atom stereocenters. The third-order valence-corrected chi connectivity index (χ3v) is 2.39. The molecule has 0 aliphatic carbocycles. The molecule has 0 saturated heterocycles. The van der Waals surface area contributed by atoms with Crippen LogP contribution < -0.4 is 5.32 Å². The summed E-state index contributed by atoms with van der Waals surface area (Å²) in [5, 5.41) is 4.19. The fourth-order valence-electron chi connectivity index (χ4n) is 0.971. The summed E-state index contributed by atoms with van der Waals surface area (Å²) in [6, 6.07) is 3.89. The smallest absolute Gasteiger partial charge is 0.161 e. The highest BCUT2D eigenvalue weighted by atomic mass is 35.5. The molecule has 0 radical (unpaired) electrons. The van der Waals surface area contributed by atoms with Gasteiger partial charge in [0.15, 0.2) is 5.17 Å². The normalized spacial score (nSPS) is 13.6. The van der Waals surface area contributed by atoms with Crippen LogP contribution in [-0.4, -0.2) is 22.4 Å². The topological polar surface area (TPSA) is 37.3 Å². The standard InChI is InChI=1S/C8H9N3S.2ClH/c1-2-7(6-9-3-1)11-8-10-4-5-12-8;;/h1-3,6H,4-5H2,(H,10,11);2*1H. The van der Waals surface area contributed by atoms with Crippen molar-refractivity contribution < 1.29 is 0 Å². The van der Waals surface area contributed by atoms with Gasteiger partial charge >= 0.3 is 0 Å². The summed E-state index contributed by atoms with van der Waals surface area (Å²) < 4.78 is 0. The van der Waals surface area contributed by atoms with Crippen molar-refractivity contribution in [2.45, 2.75) is 0 Å². The lowest BCUT2D eigenvalue weighted by atomic mass is 10.4. The number of hydrogen-bond donors (Lipinski definition) is 1. The summed E-state index contributed by atoms with van der Waals surface area (Å²) in [6.07, 6.45) is 3.55. The number of aromatic nitrogens is 1. The first-order valence-corrected chi connectivity index (χ1v) is 4.78. The zero-order chi connectivity index (χ0) is 8.23. The van der Waals surface area contributed by atoms with Crippen LogP contribution >= 0.6 is 36.6 Å². The van der Waals surface area contributed by atoms with Crippen LogP contribution in [0.2, 0.25) is 0 Å². The average Bonchev–Trinajstić information content (AvgIpc) is 2.59. The van der Waals surface area contributed by atoms with Gasteiger partial charge in [0.05, 0.1) is 18.4 Å². The van der Waals surface area contributed by atoms with Gasteiger partial charge in [-0.25, -0.2) is 0 Å². The molecule has 1 aromatic heterocycles. The number of aliphatic imine (C=N–C) groups is 1. The second-order valence-corrected chi connectivity index (χ2v) is 3.49. The minimum Gasteiger partial charge on any atom is -0.334 e. The maximum atomic E-state index is 4.27. The second-order valence-electron chi connectivity index (χ2n) is 2.40. The van der Waals surface area contributed by atoms with E-state index in [-0.39, 0.29) is 24.8 Å². The largest absolute Gasteiger partial charge is 0.334 e. The Bertz CT molecular complexity index is 292. The molecular weight excluding hydrogens is 241 g/mol. The molecule has 1 aliphatic heterocycles. The van der Waals surface area contributed by atoms with Gasteiger partial charge in [-0.2, -0.15) is 0 Å². The van der Waals surface area contributed by atoms with E-state index >= 15 is 0 Å². The number of amidine groups is 1. The van der Waals surface area contributed by atoms with Crippen molar-refractivity contribution in [1.29, 1.82) is 0 Å². The molecule has 1 aliphatic rings. The Morgan fingerprint density at radius 2 is 2.21 bits per heavy atom. The Kier molecular flexibility index (Phi) is 6.70. The Labute approximate surface area is 99.6 Å². The first kappa shape index (κ1) is 13.5.